The largest absolute Gasteiger partial charge is 0.484 e. The van der Waals surface area contributed by atoms with Gasteiger partial charge in [0.1, 0.15) is 11.6 Å². The summed E-state index contributed by atoms with van der Waals surface area (Å²) in [5.41, 5.74) is -0.431. The summed E-state index contributed by atoms with van der Waals surface area (Å²) in [5.74, 6) is -2.35. The summed E-state index contributed by atoms with van der Waals surface area (Å²) < 4.78 is 18.4. The van der Waals surface area contributed by atoms with E-state index in [1.807, 2.05) is 6.92 Å². The van der Waals surface area contributed by atoms with Crippen LogP contribution in [0.5, 0.6) is 5.75 Å². The highest BCUT2D eigenvalue weighted by atomic mass is 19.1. The number of rotatable bonds is 5. The van der Waals surface area contributed by atoms with Crippen molar-refractivity contribution in [2.24, 2.45) is 0 Å². The van der Waals surface area contributed by atoms with Crippen molar-refractivity contribution in [1.82, 2.24) is 4.90 Å². The molecule has 1 aromatic rings. The van der Waals surface area contributed by atoms with Gasteiger partial charge in [0, 0.05) is 19.7 Å². The molecular weight excluding hydrogens is 241 g/mol. The minimum Gasteiger partial charge on any atom is -0.484 e. The standard InChI is InChI=1S/C12H14FNO4/c1-3-14(2)11(15)7-18-8-4-5-9(12(16)17)10(13)6-8/h4-6H,3,7H2,1-2H3,(H,16,17). The monoisotopic (exact) mass is 255 g/mol. The van der Waals surface area contributed by atoms with Crippen LogP contribution in [0.2, 0.25) is 0 Å². The van der Waals surface area contributed by atoms with E-state index in [4.69, 9.17) is 9.84 Å². The highest BCUT2D eigenvalue weighted by Gasteiger charge is 2.12. The first-order chi connectivity index (χ1) is 8.45. The minimum absolute atomic E-state index is 0.121. The van der Waals surface area contributed by atoms with E-state index in [0.717, 1.165) is 12.1 Å². The number of nitrogens with zero attached hydrogens (tertiary/aromatic N) is 1. The molecule has 0 spiro atoms. The van der Waals surface area contributed by atoms with E-state index in [1.165, 1.54) is 11.0 Å². The molecule has 1 N–H and O–H groups in total. The van der Waals surface area contributed by atoms with Gasteiger partial charge in [0.2, 0.25) is 0 Å². The maximum absolute atomic E-state index is 13.3. The van der Waals surface area contributed by atoms with Crippen LogP contribution in [-0.4, -0.2) is 42.1 Å². The average molecular weight is 255 g/mol. The average Bonchev–Trinajstić information content (AvgIpc) is 2.34. The van der Waals surface area contributed by atoms with Gasteiger partial charge in [-0.2, -0.15) is 0 Å². The summed E-state index contributed by atoms with van der Waals surface area (Å²) in [7, 11) is 1.62. The van der Waals surface area contributed by atoms with Crippen LogP contribution in [0.15, 0.2) is 18.2 Å². The molecule has 0 heterocycles. The van der Waals surface area contributed by atoms with Gasteiger partial charge < -0.3 is 14.7 Å². The van der Waals surface area contributed by atoms with Gasteiger partial charge in [-0.3, -0.25) is 4.79 Å². The lowest BCUT2D eigenvalue weighted by molar-refractivity contribution is -0.131. The summed E-state index contributed by atoms with van der Waals surface area (Å²) >= 11 is 0. The van der Waals surface area contributed by atoms with Gasteiger partial charge in [-0.05, 0) is 19.1 Å². The molecule has 18 heavy (non-hydrogen) atoms. The number of carboxylic acid groups (broad SMARTS) is 1. The van der Waals surface area contributed by atoms with Crippen molar-refractivity contribution in [3.8, 4) is 5.75 Å². The summed E-state index contributed by atoms with van der Waals surface area (Å²) in [5, 5.41) is 8.64. The molecule has 0 aromatic heterocycles. The third-order valence-corrected chi connectivity index (χ3v) is 2.43. The fourth-order valence-electron chi connectivity index (χ4n) is 1.19. The van der Waals surface area contributed by atoms with E-state index in [-0.39, 0.29) is 18.3 Å². The fraction of sp³-hybridized carbons (Fsp3) is 0.333. The smallest absolute Gasteiger partial charge is 0.338 e. The van der Waals surface area contributed by atoms with E-state index in [1.54, 1.807) is 7.05 Å². The summed E-state index contributed by atoms with van der Waals surface area (Å²) in [6.45, 7) is 2.16. The first-order valence-corrected chi connectivity index (χ1v) is 5.35. The molecular formula is C12H14FNO4. The molecule has 0 fully saturated rings. The van der Waals surface area contributed by atoms with Crippen molar-refractivity contribution in [2.45, 2.75) is 6.92 Å². The third kappa shape index (κ3) is 3.44. The fourth-order valence-corrected chi connectivity index (χ4v) is 1.19. The number of aromatic carboxylic acids is 1. The Bertz CT molecular complexity index is 461. The molecule has 1 aromatic carbocycles. The lowest BCUT2D eigenvalue weighted by Crippen LogP contribution is -2.31. The van der Waals surface area contributed by atoms with E-state index < -0.39 is 17.3 Å². The number of benzene rings is 1. The van der Waals surface area contributed by atoms with Crippen molar-refractivity contribution in [3.63, 3.8) is 0 Å². The van der Waals surface area contributed by atoms with Gasteiger partial charge in [0.15, 0.2) is 6.61 Å². The molecule has 6 heteroatoms. The molecule has 0 aliphatic heterocycles. The first kappa shape index (κ1) is 14.0. The van der Waals surface area contributed by atoms with Gasteiger partial charge in [-0.25, -0.2) is 9.18 Å². The maximum atomic E-state index is 13.3. The van der Waals surface area contributed by atoms with Crippen LogP contribution in [0, 0.1) is 5.82 Å². The second kappa shape index (κ2) is 6.00. The molecule has 1 amide bonds. The van der Waals surface area contributed by atoms with E-state index in [0.29, 0.717) is 6.54 Å². The van der Waals surface area contributed by atoms with Crippen LogP contribution >= 0.6 is 0 Å². The molecule has 98 valence electrons. The molecule has 1 rings (SSSR count). The Morgan fingerprint density at radius 2 is 2.11 bits per heavy atom. The van der Waals surface area contributed by atoms with Crippen LogP contribution < -0.4 is 4.74 Å². The SMILES string of the molecule is CCN(C)C(=O)COc1ccc(C(=O)O)c(F)c1. The topological polar surface area (TPSA) is 66.8 Å². The van der Waals surface area contributed by atoms with Crippen molar-refractivity contribution in [1.29, 1.82) is 0 Å². The van der Waals surface area contributed by atoms with Crippen LogP contribution in [0.3, 0.4) is 0 Å². The highest BCUT2D eigenvalue weighted by Crippen LogP contribution is 2.16. The van der Waals surface area contributed by atoms with E-state index in [2.05, 4.69) is 0 Å². The zero-order valence-corrected chi connectivity index (χ0v) is 10.1. The number of ether oxygens (including phenoxy) is 1. The Morgan fingerprint density at radius 1 is 1.44 bits per heavy atom. The number of hydrogen-bond acceptors (Lipinski definition) is 3. The van der Waals surface area contributed by atoms with Crippen LogP contribution in [0.4, 0.5) is 4.39 Å². The second-order valence-electron chi connectivity index (χ2n) is 3.64. The maximum Gasteiger partial charge on any atom is 0.338 e. The van der Waals surface area contributed by atoms with Gasteiger partial charge >= 0.3 is 5.97 Å². The number of carbonyl (C=O) groups is 2. The summed E-state index contributed by atoms with van der Waals surface area (Å²) in [6, 6.07) is 3.36. The Kier molecular flexibility index (Phi) is 4.65. The lowest BCUT2D eigenvalue weighted by atomic mass is 10.2. The molecule has 0 unspecified atom stereocenters. The van der Waals surface area contributed by atoms with Crippen molar-refractivity contribution in [2.75, 3.05) is 20.2 Å². The summed E-state index contributed by atoms with van der Waals surface area (Å²) in [4.78, 5) is 23.5. The molecule has 0 radical (unpaired) electrons. The van der Waals surface area contributed by atoms with Crippen LogP contribution in [-0.2, 0) is 4.79 Å². The van der Waals surface area contributed by atoms with Crippen molar-refractivity contribution >= 4 is 11.9 Å². The number of halogens is 1. The lowest BCUT2D eigenvalue weighted by Gasteiger charge is -2.14. The number of carboxylic acids is 1. The van der Waals surface area contributed by atoms with Crippen molar-refractivity contribution < 1.29 is 23.8 Å². The molecule has 0 aliphatic carbocycles. The number of likely N-dealkylation sites (N-methyl/N-ethyl adjacent to an activating group) is 1. The Morgan fingerprint density at radius 3 is 2.61 bits per heavy atom. The second-order valence-corrected chi connectivity index (χ2v) is 3.64. The Hall–Kier alpha value is -2.11. The van der Waals surface area contributed by atoms with Gasteiger partial charge in [0.05, 0.1) is 5.56 Å². The first-order valence-electron chi connectivity index (χ1n) is 5.35. The molecule has 0 aliphatic rings. The van der Waals surface area contributed by atoms with E-state index >= 15 is 0 Å². The molecule has 5 nitrogen and oxygen atoms in total. The van der Waals surface area contributed by atoms with Gasteiger partial charge in [-0.1, -0.05) is 0 Å². The van der Waals surface area contributed by atoms with Crippen LogP contribution in [0.1, 0.15) is 17.3 Å². The molecule has 0 saturated carbocycles. The van der Waals surface area contributed by atoms with Crippen molar-refractivity contribution in [3.05, 3.63) is 29.6 Å². The Balaban J connectivity index is 2.67. The predicted octanol–water partition coefficient (Wildman–Crippen LogP) is 1.38. The Labute approximate surface area is 104 Å². The summed E-state index contributed by atoms with van der Waals surface area (Å²) in [6.07, 6.45) is 0. The highest BCUT2D eigenvalue weighted by molar-refractivity contribution is 5.88. The molecule has 0 bridgehead atoms. The molecule has 0 atom stereocenters. The number of amides is 1. The normalized spacial score (nSPS) is 9.94. The zero-order chi connectivity index (χ0) is 13.7. The zero-order valence-electron chi connectivity index (χ0n) is 10.1. The quantitative estimate of drug-likeness (QED) is 0.863. The number of carbonyl (C=O) groups excluding carboxylic acids is 1. The molecule has 0 saturated heterocycles. The number of hydrogen-bond donors (Lipinski definition) is 1. The van der Waals surface area contributed by atoms with E-state index in [9.17, 15) is 14.0 Å². The van der Waals surface area contributed by atoms with Gasteiger partial charge in [-0.15, -0.1) is 0 Å². The van der Waals surface area contributed by atoms with Crippen LogP contribution in [0.25, 0.3) is 0 Å². The van der Waals surface area contributed by atoms with Gasteiger partial charge in [0.25, 0.3) is 5.91 Å². The third-order valence-electron chi connectivity index (χ3n) is 2.43. The minimum atomic E-state index is -1.35. The predicted molar refractivity (Wildman–Crippen MR) is 62.2 cm³/mol.